The Morgan fingerprint density at radius 2 is 1.25 bits per heavy atom. The Kier molecular flexibility index (Phi) is 6.62. The van der Waals surface area contributed by atoms with Crippen LogP contribution in [0, 0.1) is 0 Å². The average Bonchev–Trinajstić information content (AvgIpc) is 3.12. The van der Waals surface area contributed by atoms with E-state index in [0.717, 1.165) is 57.7 Å². The lowest BCUT2D eigenvalue weighted by Crippen LogP contribution is -2.00. The number of hydrogen-bond donors (Lipinski definition) is 0. The summed E-state index contributed by atoms with van der Waals surface area (Å²) < 4.78 is 0. The molecule has 8 rings (SSSR count). The lowest BCUT2D eigenvalue weighted by Gasteiger charge is -2.18. The van der Waals surface area contributed by atoms with E-state index in [-0.39, 0.29) is 0 Å². The SMILES string of the molecule is C1=Cc2c(cc(-c3ncc(-c4cccc(-c5cccnc5)c4)c(-c4ccc(-c5ccccc5)cc4)n3)c3ccccc23)CC1. The smallest absolute Gasteiger partial charge is 0.160 e. The zero-order valence-corrected chi connectivity index (χ0v) is 24.2. The second kappa shape index (κ2) is 11.2. The van der Waals surface area contributed by atoms with Gasteiger partial charge < -0.3 is 0 Å². The van der Waals surface area contributed by atoms with Gasteiger partial charge in [-0.05, 0) is 75.2 Å². The Morgan fingerprint density at radius 1 is 0.523 bits per heavy atom. The first-order chi connectivity index (χ1) is 21.8. The zero-order chi connectivity index (χ0) is 29.3. The second-order valence-corrected chi connectivity index (χ2v) is 11.2. The first-order valence-corrected chi connectivity index (χ1v) is 15.1. The number of aryl methyl sites for hydroxylation is 1. The van der Waals surface area contributed by atoms with Gasteiger partial charge in [0.05, 0.1) is 5.69 Å². The van der Waals surface area contributed by atoms with E-state index in [2.05, 4.69) is 126 Å². The molecule has 2 aromatic heterocycles. The fraction of sp³-hybridized carbons (Fsp3) is 0.0488. The summed E-state index contributed by atoms with van der Waals surface area (Å²) in [5.74, 6) is 0.743. The molecule has 7 aromatic rings. The molecule has 0 unspecified atom stereocenters. The number of pyridine rings is 1. The number of aromatic nitrogens is 3. The maximum Gasteiger partial charge on any atom is 0.160 e. The summed E-state index contributed by atoms with van der Waals surface area (Å²) in [5, 5.41) is 2.43. The normalized spacial score (nSPS) is 12.3. The molecular weight excluding hydrogens is 534 g/mol. The van der Waals surface area contributed by atoms with Crippen LogP contribution in [-0.4, -0.2) is 15.0 Å². The first-order valence-electron chi connectivity index (χ1n) is 15.1. The van der Waals surface area contributed by atoms with Gasteiger partial charge in [-0.15, -0.1) is 0 Å². The van der Waals surface area contributed by atoms with Crippen molar-refractivity contribution in [2.75, 3.05) is 0 Å². The van der Waals surface area contributed by atoms with Crippen LogP contribution in [-0.2, 0) is 6.42 Å². The predicted molar refractivity (Wildman–Crippen MR) is 182 cm³/mol. The van der Waals surface area contributed by atoms with Crippen molar-refractivity contribution in [1.29, 1.82) is 0 Å². The van der Waals surface area contributed by atoms with Crippen LogP contribution in [0.25, 0.3) is 72.9 Å². The van der Waals surface area contributed by atoms with Gasteiger partial charge >= 0.3 is 0 Å². The van der Waals surface area contributed by atoms with E-state index in [4.69, 9.17) is 9.97 Å². The summed E-state index contributed by atoms with van der Waals surface area (Å²) in [4.78, 5) is 14.7. The maximum absolute atomic E-state index is 5.35. The van der Waals surface area contributed by atoms with Crippen LogP contribution < -0.4 is 0 Å². The fourth-order valence-electron chi connectivity index (χ4n) is 6.28. The summed E-state index contributed by atoms with van der Waals surface area (Å²) in [6.45, 7) is 0. The lowest BCUT2D eigenvalue weighted by atomic mass is 9.89. The van der Waals surface area contributed by atoms with Crippen molar-refractivity contribution in [2.45, 2.75) is 12.8 Å². The summed E-state index contributed by atoms with van der Waals surface area (Å²) in [6.07, 6.45) is 12.3. The molecule has 3 heteroatoms. The molecule has 1 aliphatic rings. The molecule has 0 radical (unpaired) electrons. The van der Waals surface area contributed by atoms with E-state index in [1.807, 2.05) is 24.5 Å². The summed E-state index contributed by atoms with van der Waals surface area (Å²) in [6, 6.07) is 42.8. The van der Waals surface area contributed by atoms with E-state index in [1.165, 1.54) is 33.0 Å². The number of nitrogens with zero attached hydrogens (tertiary/aromatic N) is 3. The van der Waals surface area contributed by atoms with Crippen LogP contribution in [0.1, 0.15) is 17.5 Å². The van der Waals surface area contributed by atoms with E-state index in [9.17, 15) is 0 Å². The number of rotatable bonds is 5. The maximum atomic E-state index is 5.35. The van der Waals surface area contributed by atoms with Crippen molar-refractivity contribution in [1.82, 2.24) is 15.0 Å². The third kappa shape index (κ3) is 4.79. The average molecular weight is 564 g/mol. The number of hydrogen-bond acceptors (Lipinski definition) is 3. The van der Waals surface area contributed by atoms with Gasteiger partial charge in [-0.1, -0.05) is 115 Å². The topological polar surface area (TPSA) is 38.7 Å². The third-order valence-corrected chi connectivity index (χ3v) is 8.50. The molecule has 3 nitrogen and oxygen atoms in total. The van der Waals surface area contributed by atoms with Gasteiger partial charge in [-0.3, -0.25) is 4.98 Å². The van der Waals surface area contributed by atoms with E-state index in [1.54, 1.807) is 6.20 Å². The zero-order valence-electron chi connectivity index (χ0n) is 24.2. The van der Waals surface area contributed by atoms with Gasteiger partial charge in [0, 0.05) is 40.8 Å². The monoisotopic (exact) mass is 563 g/mol. The molecule has 0 aliphatic heterocycles. The largest absolute Gasteiger partial charge is 0.264 e. The summed E-state index contributed by atoms with van der Waals surface area (Å²) in [5.41, 5.74) is 12.3. The molecular formula is C41H29N3. The minimum absolute atomic E-state index is 0.743. The van der Waals surface area contributed by atoms with Crippen LogP contribution in [0.5, 0.6) is 0 Å². The molecule has 208 valence electrons. The van der Waals surface area contributed by atoms with Crippen LogP contribution in [0.15, 0.2) is 146 Å². The molecule has 0 N–H and O–H groups in total. The molecule has 0 fully saturated rings. The van der Waals surface area contributed by atoms with E-state index < -0.39 is 0 Å². The third-order valence-electron chi connectivity index (χ3n) is 8.50. The summed E-state index contributed by atoms with van der Waals surface area (Å²) in [7, 11) is 0. The quantitative estimate of drug-likeness (QED) is 0.209. The molecule has 2 heterocycles. The van der Waals surface area contributed by atoms with Crippen molar-refractivity contribution in [3.8, 4) is 56.0 Å². The highest BCUT2D eigenvalue weighted by molar-refractivity contribution is 6.01. The lowest BCUT2D eigenvalue weighted by molar-refractivity contribution is 0.989. The standard InChI is InChI=1S/C41H29N3/c1-2-10-28(11-3-1)29-19-21-30(22-20-29)40-39(32-14-8-13-31(24-32)34-15-9-23-42-26-34)27-43-41(44-40)38-25-33-12-4-5-16-35(33)36-17-6-7-18-37(36)38/h1-3,5-11,13-27H,4,12H2. The number of benzene rings is 5. The van der Waals surface area contributed by atoms with Crippen molar-refractivity contribution in [3.63, 3.8) is 0 Å². The van der Waals surface area contributed by atoms with Crippen molar-refractivity contribution < 1.29 is 0 Å². The van der Waals surface area contributed by atoms with Crippen molar-refractivity contribution in [3.05, 3.63) is 157 Å². The molecule has 0 bridgehead atoms. The van der Waals surface area contributed by atoms with Crippen LogP contribution in [0.3, 0.4) is 0 Å². The Morgan fingerprint density at radius 3 is 2.09 bits per heavy atom. The van der Waals surface area contributed by atoms with Gasteiger partial charge in [-0.25, -0.2) is 9.97 Å². The molecule has 0 amide bonds. The molecule has 0 saturated heterocycles. The first kappa shape index (κ1) is 26.0. The number of allylic oxidation sites excluding steroid dienone is 1. The second-order valence-electron chi connectivity index (χ2n) is 11.2. The Balaban J connectivity index is 1.31. The molecule has 1 aliphatic carbocycles. The summed E-state index contributed by atoms with van der Waals surface area (Å²) >= 11 is 0. The molecule has 0 atom stereocenters. The van der Waals surface area contributed by atoms with Gasteiger partial charge in [0.1, 0.15) is 0 Å². The Labute approximate surface area is 257 Å². The van der Waals surface area contributed by atoms with Gasteiger partial charge in [0.2, 0.25) is 0 Å². The van der Waals surface area contributed by atoms with Crippen molar-refractivity contribution in [2.24, 2.45) is 0 Å². The van der Waals surface area contributed by atoms with E-state index in [0.29, 0.717) is 0 Å². The molecule has 5 aromatic carbocycles. The Hall–Kier alpha value is -5.67. The van der Waals surface area contributed by atoms with E-state index >= 15 is 0 Å². The highest BCUT2D eigenvalue weighted by atomic mass is 14.9. The van der Waals surface area contributed by atoms with Gasteiger partial charge in [-0.2, -0.15) is 0 Å². The van der Waals surface area contributed by atoms with Crippen LogP contribution in [0.2, 0.25) is 0 Å². The van der Waals surface area contributed by atoms with Crippen LogP contribution >= 0.6 is 0 Å². The highest BCUT2D eigenvalue weighted by Gasteiger charge is 2.18. The minimum Gasteiger partial charge on any atom is -0.264 e. The fourth-order valence-corrected chi connectivity index (χ4v) is 6.28. The van der Waals surface area contributed by atoms with Gasteiger partial charge in [0.15, 0.2) is 5.82 Å². The van der Waals surface area contributed by atoms with Gasteiger partial charge in [0.25, 0.3) is 0 Å². The highest BCUT2D eigenvalue weighted by Crippen LogP contribution is 2.38. The minimum atomic E-state index is 0.743. The van der Waals surface area contributed by atoms with Crippen LogP contribution in [0.4, 0.5) is 0 Å². The molecule has 0 spiro atoms. The predicted octanol–water partition coefficient (Wildman–Crippen LogP) is 10.3. The molecule has 0 saturated carbocycles. The Bertz CT molecular complexity index is 2150. The molecule has 44 heavy (non-hydrogen) atoms. The van der Waals surface area contributed by atoms with Crippen molar-refractivity contribution >= 4 is 16.8 Å². The number of fused-ring (bicyclic) bond motifs is 3.